The van der Waals surface area contributed by atoms with E-state index < -0.39 is 10.0 Å². The molecule has 0 saturated heterocycles. The lowest BCUT2D eigenvalue weighted by Crippen LogP contribution is -2.43. The second-order valence-corrected chi connectivity index (χ2v) is 7.90. The zero-order valence-electron chi connectivity index (χ0n) is 12.7. The first-order chi connectivity index (χ1) is 9.78. The molecule has 0 aliphatic heterocycles. The minimum absolute atomic E-state index is 0.00675. The van der Waals surface area contributed by atoms with E-state index >= 15 is 0 Å². The van der Waals surface area contributed by atoms with Crippen molar-refractivity contribution in [1.82, 2.24) is 10.0 Å². The van der Waals surface area contributed by atoms with Crippen molar-refractivity contribution in [1.29, 1.82) is 0 Å². The molecule has 21 heavy (non-hydrogen) atoms. The van der Waals surface area contributed by atoms with Crippen LogP contribution < -0.4 is 10.0 Å². The first-order valence-corrected chi connectivity index (χ1v) is 8.80. The molecule has 2 N–H and O–H groups in total. The van der Waals surface area contributed by atoms with E-state index in [1.807, 2.05) is 13.8 Å². The van der Waals surface area contributed by atoms with Crippen LogP contribution in [-0.2, 0) is 16.6 Å². The van der Waals surface area contributed by atoms with Crippen molar-refractivity contribution in [3.8, 4) is 0 Å². The Morgan fingerprint density at radius 3 is 2.57 bits per heavy atom. The number of nitrogens with one attached hydrogen (secondary N) is 2. The molecule has 0 atom stereocenters. The van der Waals surface area contributed by atoms with Gasteiger partial charge in [-0.2, -0.15) is 0 Å². The van der Waals surface area contributed by atoms with Crippen LogP contribution >= 0.6 is 0 Å². The predicted octanol–water partition coefficient (Wildman–Crippen LogP) is 2.40. The van der Waals surface area contributed by atoms with Crippen LogP contribution in [0.2, 0.25) is 0 Å². The van der Waals surface area contributed by atoms with Gasteiger partial charge in [-0.05, 0) is 37.0 Å². The standard InChI is InChI=1S/C15H23FN2O2S/c1-10(2)17-9-12-8-14(4-5-15(12)16)21(19,20)18-13-6-11(3)7-13/h4-5,8,10-11,13,17-18H,6-7,9H2,1-3H3. The fourth-order valence-electron chi connectivity index (χ4n) is 2.45. The molecule has 1 saturated carbocycles. The van der Waals surface area contributed by atoms with Crippen LogP contribution in [-0.4, -0.2) is 20.5 Å². The summed E-state index contributed by atoms with van der Waals surface area (Å²) in [6.07, 6.45) is 1.73. The summed E-state index contributed by atoms with van der Waals surface area (Å²) >= 11 is 0. The molecule has 0 aromatic heterocycles. The van der Waals surface area contributed by atoms with E-state index in [0.29, 0.717) is 18.0 Å². The van der Waals surface area contributed by atoms with Gasteiger partial charge < -0.3 is 5.32 Å². The molecule has 0 heterocycles. The number of halogens is 1. The molecule has 0 spiro atoms. The zero-order valence-corrected chi connectivity index (χ0v) is 13.5. The molecule has 1 aromatic carbocycles. The minimum Gasteiger partial charge on any atom is -0.310 e. The van der Waals surface area contributed by atoms with E-state index in [0.717, 1.165) is 12.8 Å². The third kappa shape index (κ3) is 4.25. The van der Waals surface area contributed by atoms with Gasteiger partial charge in [0, 0.05) is 24.2 Å². The van der Waals surface area contributed by atoms with Gasteiger partial charge in [-0.15, -0.1) is 0 Å². The molecule has 0 bridgehead atoms. The maximum absolute atomic E-state index is 13.7. The summed E-state index contributed by atoms with van der Waals surface area (Å²) in [5.74, 6) is 0.177. The Labute approximate surface area is 126 Å². The number of sulfonamides is 1. The van der Waals surface area contributed by atoms with Crippen molar-refractivity contribution in [3.05, 3.63) is 29.6 Å². The molecule has 0 radical (unpaired) electrons. The normalized spacial score (nSPS) is 22.3. The van der Waals surface area contributed by atoms with Crippen molar-refractivity contribution in [3.63, 3.8) is 0 Å². The first-order valence-electron chi connectivity index (χ1n) is 7.32. The summed E-state index contributed by atoms with van der Waals surface area (Å²) in [5, 5.41) is 3.09. The topological polar surface area (TPSA) is 58.2 Å². The van der Waals surface area contributed by atoms with Gasteiger partial charge >= 0.3 is 0 Å². The highest BCUT2D eigenvalue weighted by Gasteiger charge is 2.30. The second kappa shape index (κ2) is 6.42. The molecule has 1 fully saturated rings. The molecule has 6 heteroatoms. The molecule has 0 unspecified atom stereocenters. The van der Waals surface area contributed by atoms with Gasteiger partial charge in [-0.1, -0.05) is 20.8 Å². The van der Waals surface area contributed by atoms with E-state index in [-0.39, 0.29) is 22.8 Å². The fraction of sp³-hybridized carbons (Fsp3) is 0.600. The lowest BCUT2D eigenvalue weighted by atomic mass is 9.83. The second-order valence-electron chi connectivity index (χ2n) is 6.18. The first kappa shape index (κ1) is 16.4. The van der Waals surface area contributed by atoms with Crippen molar-refractivity contribution in [2.24, 2.45) is 5.92 Å². The smallest absolute Gasteiger partial charge is 0.240 e. The van der Waals surface area contributed by atoms with Gasteiger partial charge in [-0.3, -0.25) is 0 Å². The van der Waals surface area contributed by atoms with Crippen LogP contribution in [0.1, 0.15) is 39.2 Å². The number of benzene rings is 1. The van der Waals surface area contributed by atoms with E-state index in [2.05, 4.69) is 17.0 Å². The Morgan fingerprint density at radius 1 is 1.33 bits per heavy atom. The summed E-state index contributed by atoms with van der Waals surface area (Å²) in [6, 6.07) is 4.16. The molecule has 1 aromatic rings. The average Bonchev–Trinajstić information content (AvgIpc) is 2.35. The highest BCUT2D eigenvalue weighted by molar-refractivity contribution is 7.89. The van der Waals surface area contributed by atoms with Gasteiger partial charge in [0.2, 0.25) is 10.0 Å². The van der Waals surface area contributed by atoms with E-state index in [1.165, 1.54) is 18.2 Å². The molecule has 2 rings (SSSR count). The Bertz CT molecular complexity index is 596. The van der Waals surface area contributed by atoms with Crippen LogP contribution in [0.3, 0.4) is 0 Å². The number of hydrogen-bond donors (Lipinski definition) is 2. The van der Waals surface area contributed by atoms with E-state index in [9.17, 15) is 12.8 Å². The summed E-state index contributed by atoms with van der Waals surface area (Å²) in [5.41, 5.74) is 0.369. The Balaban J connectivity index is 2.13. The monoisotopic (exact) mass is 314 g/mol. The Morgan fingerprint density at radius 2 is 2.00 bits per heavy atom. The predicted molar refractivity (Wildman–Crippen MR) is 80.9 cm³/mol. The molecule has 118 valence electrons. The van der Waals surface area contributed by atoms with Gasteiger partial charge in [0.15, 0.2) is 0 Å². The Kier molecular flexibility index (Phi) is 5.01. The number of rotatable bonds is 6. The molecule has 0 amide bonds. The maximum Gasteiger partial charge on any atom is 0.240 e. The number of hydrogen-bond acceptors (Lipinski definition) is 3. The largest absolute Gasteiger partial charge is 0.310 e. The summed E-state index contributed by atoms with van der Waals surface area (Å²) in [4.78, 5) is 0.129. The van der Waals surface area contributed by atoms with Crippen molar-refractivity contribution in [2.45, 2.75) is 57.1 Å². The van der Waals surface area contributed by atoms with E-state index in [1.54, 1.807) is 0 Å². The zero-order chi connectivity index (χ0) is 15.6. The SMILES string of the molecule is CC1CC(NS(=O)(=O)c2ccc(F)c(CNC(C)C)c2)C1. The van der Waals surface area contributed by atoms with Crippen molar-refractivity contribution in [2.75, 3.05) is 0 Å². The lowest BCUT2D eigenvalue weighted by molar-refractivity contribution is 0.270. The fourth-order valence-corrected chi connectivity index (χ4v) is 3.77. The van der Waals surface area contributed by atoms with Crippen molar-refractivity contribution < 1.29 is 12.8 Å². The third-order valence-electron chi connectivity index (χ3n) is 3.72. The Hall–Kier alpha value is -0.980. The maximum atomic E-state index is 13.7. The minimum atomic E-state index is -3.57. The summed E-state index contributed by atoms with van der Waals surface area (Å²) in [6.45, 7) is 6.32. The van der Waals surface area contributed by atoms with Crippen LogP contribution in [0.25, 0.3) is 0 Å². The molecular weight excluding hydrogens is 291 g/mol. The highest BCUT2D eigenvalue weighted by atomic mass is 32.2. The molecular formula is C15H23FN2O2S. The van der Waals surface area contributed by atoms with Crippen LogP contribution in [0.5, 0.6) is 0 Å². The van der Waals surface area contributed by atoms with Crippen LogP contribution in [0.4, 0.5) is 4.39 Å². The van der Waals surface area contributed by atoms with E-state index in [4.69, 9.17) is 0 Å². The molecule has 1 aliphatic rings. The third-order valence-corrected chi connectivity index (χ3v) is 5.24. The van der Waals surface area contributed by atoms with Crippen molar-refractivity contribution >= 4 is 10.0 Å². The van der Waals surface area contributed by atoms with Crippen LogP contribution in [0.15, 0.2) is 23.1 Å². The lowest BCUT2D eigenvalue weighted by Gasteiger charge is -2.32. The van der Waals surface area contributed by atoms with Gasteiger partial charge in [0.05, 0.1) is 4.90 Å². The average molecular weight is 314 g/mol. The van der Waals surface area contributed by atoms with Crippen LogP contribution in [0, 0.1) is 11.7 Å². The summed E-state index contributed by atoms with van der Waals surface area (Å²) < 4.78 is 41.0. The molecule has 1 aliphatic carbocycles. The van der Waals surface area contributed by atoms with Gasteiger partial charge in [0.25, 0.3) is 0 Å². The van der Waals surface area contributed by atoms with Gasteiger partial charge in [0.1, 0.15) is 5.82 Å². The highest BCUT2D eigenvalue weighted by Crippen LogP contribution is 2.28. The molecule has 4 nitrogen and oxygen atoms in total. The quantitative estimate of drug-likeness (QED) is 0.848. The van der Waals surface area contributed by atoms with Gasteiger partial charge in [-0.25, -0.2) is 17.5 Å². The summed E-state index contributed by atoms with van der Waals surface area (Å²) in [7, 11) is -3.57.